The standard InChI is InChI=1S/C11H22N2O6S2/c1-7-9(14)12-11(4,5)19-8-10(2,3)21(17,18)13-20(6,15)16/h7,13H,1,8H2,2-6H3,(H,12,14). The number of nitrogens with one attached hydrogen (secondary N) is 2. The Balaban J connectivity index is 4.98. The highest BCUT2D eigenvalue weighted by molar-refractivity contribution is 8.05. The summed E-state index contributed by atoms with van der Waals surface area (Å²) in [5, 5.41) is 2.47. The van der Waals surface area contributed by atoms with Crippen LogP contribution in [0.15, 0.2) is 12.7 Å². The van der Waals surface area contributed by atoms with Gasteiger partial charge in [0.1, 0.15) is 10.5 Å². The van der Waals surface area contributed by atoms with Crippen LogP contribution >= 0.6 is 0 Å². The molecule has 1 amide bonds. The fraction of sp³-hybridized carbons (Fsp3) is 0.727. The predicted octanol–water partition coefficient (Wildman–Crippen LogP) is -0.301. The molecule has 0 radical (unpaired) electrons. The molecule has 0 fully saturated rings. The SMILES string of the molecule is C=CC(=O)NC(C)(C)OCC(C)(C)S(=O)(=O)NS(C)(=O)=O. The van der Waals surface area contributed by atoms with Crippen molar-refractivity contribution < 1.29 is 26.4 Å². The van der Waals surface area contributed by atoms with E-state index in [0.29, 0.717) is 0 Å². The molecule has 10 heteroatoms. The summed E-state index contributed by atoms with van der Waals surface area (Å²) in [4.78, 5) is 11.2. The molecule has 124 valence electrons. The van der Waals surface area contributed by atoms with E-state index < -0.39 is 36.4 Å². The van der Waals surface area contributed by atoms with Gasteiger partial charge in [0, 0.05) is 0 Å². The third-order valence-electron chi connectivity index (χ3n) is 2.38. The molecule has 8 nitrogen and oxygen atoms in total. The van der Waals surface area contributed by atoms with Crippen molar-refractivity contribution >= 4 is 26.0 Å². The second-order valence-electron chi connectivity index (χ2n) is 5.61. The third-order valence-corrected chi connectivity index (χ3v) is 6.04. The average molecular weight is 342 g/mol. The van der Waals surface area contributed by atoms with Crippen LogP contribution in [0.3, 0.4) is 0 Å². The average Bonchev–Trinajstić information content (AvgIpc) is 2.22. The molecular weight excluding hydrogens is 320 g/mol. The number of carbonyl (C=O) groups is 1. The molecule has 0 aliphatic heterocycles. The van der Waals surface area contributed by atoms with Crippen molar-refractivity contribution in [2.24, 2.45) is 0 Å². The molecule has 0 aromatic rings. The first-order valence-corrected chi connectivity index (χ1v) is 9.31. The minimum Gasteiger partial charge on any atom is -0.355 e. The molecule has 0 atom stereocenters. The lowest BCUT2D eigenvalue weighted by atomic mass is 10.2. The van der Waals surface area contributed by atoms with Crippen LogP contribution in [0, 0.1) is 0 Å². The van der Waals surface area contributed by atoms with E-state index in [9.17, 15) is 21.6 Å². The van der Waals surface area contributed by atoms with Gasteiger partial charge in [-0.15, -0.1) is 4.13 Å². The molecule has 0 spiro atoms. The van der Waals surface area contributed by atoms with Crippen LogP contribution < -0.4 is 9.44 Å². The smallest absolute Gasteiger partial charge is 0.245 e. The Morgan fingerprint density at radius 1 is 1.19 bits per heavy atom. The fourth-order valence-electron chi connectivity index (χ4n) is 1.13. The van der Waals surface area contributed by atoms with Crippen molar-refractivity contribution in [3.05, 3.63) is 12.7 Å². The van der Waals surface area contributed by atoms with Gasteiger partial charge in [-0.1, -0.05) is 6.58 Å². The van der Waals surface area contributed by atoms with E-state index in [4.69, 9.17) is 4.74 Å². The molecule has 0 aliphatic carbocycles. The summed E-state index contributed by atoms with van der Waals surface area (Å²) in [5.41, 5.74) is -1.14. The first-order valence-electron chi connectivity index (χ1n) is 5.93. The third kappa shape index (κ3) is 7.02. The summed E-state index contributed by atoms with van der Waals surface area (Å²) < 4.78 is 51.6. The molecular formula is C11H22N2O6S2. The Morgan fingerprint density at radius 3 is 2.05 bits per heavy atom. The Kier molecular flexibility index (Phi) is 6.13. The molecule has 2 N–H and O–H groups in total. The van der Waals surface area contributed by atoms with Crippen LogP contribution in [0.5, 0.6) is 0 Å². The molecule has 0 aliphatic rings. The maximum absolute atomic E-state index is 12.0. The van der Waals surface area contributed by atoms with E-state index in [-0.39, 0.29) is 6.61 Å². The van der Waals surface area contributed by atoms with E-state index in [1.54, 1.807) is 4.13 Å². The molecule has 0 rings (SSSR count). The zero-order valence-corrected chi connectivity index (χ0v) is 14.4. The molecule has 21 heavy (non-hydrogen) atoms. The number of hydrogen-bond acceptors (Lipinski definition) is 6. The highest BCUT2D eigenvalue weighted by atomic mass is 32.3. The van der Waals surface area contributed by atoms with Gasteiger partial charge < -0.3 is 10.1 Å². The molecule has 0 aromatic carbocycles. The van der Waals surface area contributed by atoms with Gasteiger partial charge in [-0.3, -0.25) is 4.79 Å². The zero-order valence-electron chi connectivity index (χ0n) is 12.8. The molecule has 0 saturated carbocycles. The van der Waals surface area contributed by atoms with Crippen molar-refractivity contribution in [3.63, 3.8) is 0 Å². The first kappa shape index (κ1) is 20.0. The molecule has 0 saturated heterocycles. The van der Waals surface area contributed by atoms with E-state index in [1.807, 2.05) is 0 Å². The summed E-state index contributed by atoms with van der Waals surface area (Å²) in [7, 11) is -8.09. The van der Waals surface area contributed by atoms with E-state index in [0.717, 1.165) is 12.3 Å². The number of rotatable bonds is 8. The van der Waals surface area contributed by atoms with Gasteiger partial charge >= 0.3 is 0 Å². The normalized spacial score (nSPS) is 13.8. The summed E-state index contributed by atoms with van der Waals surface area (Å²) >= 11 is 0. The van der Waals surface area contributed by atoms with Crippen LogP contribution in [-0.2, 0) is 29.6 Å². The fourth-order valence-corrected chi connectivity index (χ4v) is 3.84. The van der Waals surface area contributed by atoms with Crippen molar-refractivity contribution in [1.29, 1.82) is 0 Å². The summed E-state index contributed by atoms with van der Waals surface area (Å²) in [6.45, 7) is 8.64. The summed E-state index contributed by atoms with van der Waals surface area (Å²) in [5.74, 6) is -0.477. The first-order chi connectivity index (χ1) is 9.12. The van der Waals surface area contributed by atoms with Crippen LogP contribution in [0.4, 0.5) is 0 Å². The van der Waals surface area contributed by atoms with Gasteiger partial charge in [0.15, 0.2) is 0 Å². The zero-order chi connectivity index (χ0) is 17.1. The molecule has 0 aromatic heterocycles. The van der Waals surface area contributed by atoms with Crippen molar-refractivity contribution in [1.82, 2.24) is 9.44 Å². The second kappa shape index (κ2) is 6.42. The quantitative estimate of drug-likeness (QED) is 0.462. The van der Waals surface area contributed by atoms with Gasteiger partial charge in [-0.05, 0) is 33.8 Å². The Labute approximate surface area is 126 Å². The predicted molar refractivity (Wildman–Crippen MR) is 79.3 cm³/mol. The van der Waals surface area contributed by atoms with Crippen LogP contribution in [-0.4, -0.2) is 46.1 Å². The lowest BCUT2D eigenvalue weighted by Crippen LogP contribution is -2.51. The highest BCUT2D eigenvalue weighted by Crippen LogP contribution is 2.19. The van der Waals surface area contributed by atoms with Crippen molar-refractivity contribution in [2.45, 2.75) is 38.2 Å². The van der Waals surface area contributed by atoms with Crippen LogP contribution in [0.25, 0.3) is 0 Å². The van der Waals surface area contributed by atoms with Crippen LogP contribution in [0.2, 0.25) is 0 Å². The molecule has 0 bridgehead atoms. The Bertz CT molecular complexity index is 605. The van der Waals surface area contributed by atoms with E-state index >= 15 is 0 Å². The van der Waals surface area contributed by atoms with Gasteiger partial charge in [0.25, 0.3) is 0 Å². The van der Waals surface area contributed by atoms with E-state index in [1.165, 1.54) is 27.7 Å². The topological polar surface area (TPSA) is 119 Å². The number of sulfonamides is 2. The minimum atomic E-state index is -4.17. The number of ether oxygens (including phenoxy) is 1. The maximum Gasteiger partial charge on any atom is 0.245 e. The summed E-state index contributed by atoms with van der Waals surface area (Å²) in [6, 6.07) is 0. The van der Waals surface area contributed by atoms with E-state index in [2.05, 4.69) is 11.9 Å². The number of amides is 1. The van der Waals surface area contributed by atoms with Gasteiger partial charge in [-0.2, -0.15) is 0 Å². The highest BCUT2D eigenvalue weighted by Gasteiger charge is 2.38. The van der Waals surface area contributed by atoms with Crippen molar-refractivity contribution in [3.8, 4) is 0 Å². The lowest BCUT2D eigenvalue weighted by Gasteiger charge is -2.31. The van der Waals surface area contributed by atoms with Crippen molar-refractivity contribution in [2.75, 3.05) is 12.9 Å². The number of hydrogen-bond donors (Lipinski definition) is 2. The van der Waals surface area contributed by atoms with Gasteiger partial charge in [-0.25, -0.2) is 16.8 Å². The largest absolute Gasteiger partial charge is 0.355 e. The minimum absolute atomic E-state index is 0.331. The second-order valence-corrected chi connectivity index (χ2v) is 9.93. The molecule has 0 unspecified atom stereocenters. The van der Waals surface area contributed by atoms with Gasteiger partial charge in [0.2, 0.25) is 26.0 Å². The monoisotopic (exact) mass is 342 g/mol. The lowest BCUT2D eigenvalue weighted by molar-refractivity contribution is -0.126. The number of carbonyl (C=O) groups excluding carboxylic acids is 1. The maximum atomic E-state index is 12.0. The molecule has 0 heterocycles. The summed E-state index contributed by atoms with van der Waals surface area (Å²) in [6.07, 6.45) is 1.80. The van der Waals surface area contributed by atoms with Gasteiger partial charge in [0.05, 0.1) is 12.9 Å². The Hall–Kier alpha value is -0.970. The van der Waals surface area contributed by atoms with Crippen LogP contribution in [0.1, 0.15) is 27.7 Å². The Morgan fingerprint density at radius 2 is 1.67 bits per heavy atom.